The summed E-state index contributed by atoms with van der Waals surface area (Å²) in [6.07, 6.45) is 4.83. The second kappa shape index (κ2) is 12.9. The molecule has 0 amide bonds. The van der Waals surface area contributed by atoms with Gasteiger partial charge in [-0.2, -0.15) is 0 Å². The van der Waals surface area contributed by atoms with E-state index in [4.69, 9.17) is 5.73 Å². The molecule has 1 aromatic carbocycles. The van der Waals surface area contributed by atoms with Crippen molar-refractivity contribution in [3.8, 4) is 0 Å². The molecule has 0 aromatic heterocycles. The lowest BCUT2D eigenvalue weighted by Crippen LogP contribution is -2.38. The molecule has 0 saturated heterocycles. The zero-order valence-electron chi connectivity index (χ0n) is 18.1. The molecule has 28 heavy (non-hydrogen) atoms. The highest BCUT2D eigenvalue weighted by atomic mass is 32.2. The molecule has 1 aliphatic rings. The van der Waals surface area contributed by atoms with E-state index in [1.165, 1.54) is 31.2 Å². The minimum atomic E-state index is -0.724. The minimum Gasteiger partial charge on any atom is -0.481 e. The molecule has 1 atom stereocenters. The first-order valence-corrected chi connectivity index (χ1v) is 11.6. The summed E-state index contributed by atoms with van der Waals surface area (Å²) in [5.41, 5.74) is 9.35. The summed E-state index contributed by atoms with van der Waals surface area (Å²) >= 11 is 1.66. The molecule has 1 fully saturated rings. The normalized spacial score (nSPS) is 16.2. The average Bonchev–Trinajstić information content (AvgIpc) is 3.23. The third kappa shape index (κ3) is 7.88. The van der Waals surface area contributed by atoms with Crippen LogP contribution >= 0.6 is 11.8 Å². The summed E-state index contributed by atoms with van der Waals surface area (Å²) in [5, 5.41) is 11.2. The molecular weight excluding hydrogens is 368 g/mol. The van der Waals surface area contributed by atoms with Crippen LogP contribution in [-0.4, -0.2) is 34.4 Å². The Kier molecular flexibility index (Phi) is 11.3. The summed E-state index contributed by atoms with van der Waals surface area (Å²) in [5.74, 6) is 0.229. The number of nitrogens with zero attached hydrogens (tertiary/aromatic N) is 1. The molecule has 3 N–H and O–H groups in total. The summed E-state index contributed by atoms with van der Waals surface area (Å²) in [6, 6.07) is 8.91. The van der Waals surface area contributed by atoms with Gasteiger partial charge in [-0.05, 0) is 35.3 Å². The SMILES string of the molecule is CC.CC(CN(CS/C=C(\N)c1ccc(C(C)C)cc1)C1CCCC1)C(=O)O. The summed E-state index contributed by atoms with van der Waals surface area (Å²) < 4.78 is 0. The van der Waals surface area contributed by atoms with E-state index in [1.54, 1.807) is 18.7 Å². The van der Waals surface area contributed by atoms with E-state index in [-0.39, 0.29) is 5.92 Å². The standard InChI is InChI=1S/C21H32N2O2S.C2H6/c1-15(2)17-8-10-18(11-9-17)20(22)13-26-14-23(12-16(3)21(24)25)19-6-4-5-7-19;1-2/h8-11,13,15-16,19H,4-7,12,14,22H2,1-3H3,(H,24,25);1-2H3/b20-13-;. The maximum atomic E-state index is 11.2. The summed E-state index contributed by atoms with van der Waals surface area (Å²) in [4.78, 5) is 13.5. The van der Waals surface area contributed by atoms with Crippen molar-refractivity contribution in [1.29, 1.82) is 0 Å². The Morgan fingerprint density at radius 3 is 2.29 bits per heavy atom. The van der Waals surface area contributed by atoms with Crippen LogP contribution in [-0.2, 0) is 4.79 Å². The second-order valence-electron chi connectivity index (χ2n) is 7.59. The molecule has 1 saturated carbocycles. The highest BCUT2D eigenvalue weighted by Crippen LogP contribution is 2.27. The number of benzene rings is 1. The largest absolute Gasteiger partial charge is 0.481 e. The van der Waals surface area contributed by atoms with Crippen LogP contribution in [0.3, 0.4) is 0 Å². The Balaban J connectivity index is 0.00000190. The summed E-state index contributed by atoms with van der Waals surface area (Å²) in [7, 11) is 0. The molecule has 0 bridgehead atoms. The van der Waals surface area contributed by atoms with Gasteiger partial charge >= 0.3 is 5.97 Å². The molecule has 4 nitrogen and oxygen atoms in total. The fourth-order valence-corrected chi connectivity index (χ4v) is 4.26. The lowest BCUT2D eigenvalue weighted by atomic mass is 10.0. The number of aliphatic carboxylic acids is 1. The number of hydrogen-bond donors (Lipinski definition) is 2. The predicted octanol–water partition coefficient (Wildman–Crippen LogP) is 5.75. The molecule has 158 valence electrons. The van der Waals surface area contributed by atoms with Gasteiger partial charge in [0.15, 0.2) is 0 Å². The Morgan fingerprint density at radius 1 is 1.21 bits per heavy atom. The van der Waals surface area contributed by atoms with Gasteiger partial charge in [0.05, 0.1) is 5.92 Å². The number of hydrogen-bond acceptors (Lipinski definition) is 4. The van der Waals surface area contributed by atoms with E-state index >= 15 is 0 Å². The van der Waals surface area contributed by atoms with Gasteiger partial charge in [-0.15, -0.1) is 11.8 Å². The van der Waals surface area contributed by atoms with Crippen LogP contribution in [0, 0.1) is 5.92 Å². The van der Waals surface area contributed by atoms with E-state index < -0.39 is 5.97 Å². The average molecular weight is 407 g/mol. The van der Waals surface area contributed by atoms with Crippen LogP contribution in [0.5, 0.6) is 0 Å². The lowest BCUT2D eigenvalue weighted by Gasteiger charge is -2.29. The first kappa shape index (κ1) is 24.6. The lowest BCUT2D eigenvalue weighted by molar-refractivity contribution is -0.141. The fraction of sp³-hybridized carbons (Fsp3) is 0.609. The monoisotopic (exact) mass is 406 g/mol. The molecular formula is C23H38N2O2S. The molecule has 0 heterocycles. The van der Waals surface area contributed by atoms with E-state index in [0.29, 0.717) is 18.5 Å². The van der Waals surface area contributed by atoms with E-state index in [0.717, 1.165) is 17.1 Å². The molecule has 1 aromatic rings. The van der Waals surface area contributed by atoms with Gasteiger partial charge in [-0.1, -0.05) is 71.7 Å². The predicted molar refractivity (Wildman–Crippen MR) is 122 cm³/mol. The number of rotatable bonds is 9. The van der Waals surface area contributed by atoms with Gasteiger partial charge < -0.3 is 10.8 Å². The van der Waals surface area contributed by atoms with Crippen LogP contribution in [0.25, 0.3) is 5.70 Å². The highest BCUT2D eigenvalue weighted by molar-refractivity contribution is 8.02. The number of carboxylic acid groups (broad SMARTS) is 1. The maximum Gasteiger partial charge on any atom is 0.307 e. The van der Waals surface area contributed by atoms with Crippen LogP contribution in [0.1, 0.15) is 77.3 Å². The number of carbonyl (C=O) groups is 1. The Morgan fingerprint density at radius 2 is 1.79 bits per heavy atom. The Bertz CT molecular complexity index is 608. The third-order valence-electron chi connectivity index (χ3n) is 5.13. The molecule has 0 radical (unpaired) electrons. The quantitative estimate of drug-likeness (QED) is 0.511. The van der Waals surface area contributed by atoms with Crippen LogP contribution in [0.2, 0.25) is 0 Å². The smallest absolute Gasteiger partial charge is 0.307 e. The van der Waals surface area contributed by atoms with Gasteiger partial charge in [0, 0.05) is 24.2 Å². The third-order valence-corrected chi connectivity index (χ3v) is 6.03. The zero-order chi connectivity index (χ0) is 21.1. The highest BCUT2D eigenvalue weighted by Gasteiger charge is 2.25. The van der Waals surface area contributed by atoms with Crippen molar-refractivity contribution in [2.45, 2.75) is 72.3 Å². The van der Waals surface area contributed by atoms with Gasteiger partial charge in [-0.3, -0.25) is 9.69 Å². The van der Waals surface area contributed by atoms with Crippen LogP contribution < -0.4 is 5.73 Å². The second-order valence-corrected chi connectivity index (χ2v) is 8.42. The topological polar surface area (TPSA) is 66.6 Å². The first-order chi connectivity index (χ1) is 13.4. The molecule has 1 unspecified atom stereocenters. The van der Waals surface area contributed by atoms with Crippen LogP contribution in [0.4, 0.5) is 0 Å². The van der Waals surface area contributed by atoms with Crippen LogP contribution in [0.15, 0.2) is 29.7 Å². The van der Waals surface area contributed by atoms with Crippen molar-refractivity contribution in [3.63, 3.8) is 0 Å². The first-order valence-electron chi connectivity index (χ1n) is 10.5. The number of thioether (sulfide) groups is 1. The Hall–Kier alpha value is -1.46. The van der Waals surface area contributed by atoms with E-state index in [2.05, 4.69) is 43.0 Å². The molecule has 1 aliphatic carbocycles. The van der Waals surface area contributed by atoms with Crippen molar-refractivity contribution in [2.75, 3.05) is 12.4 Å². The number of nitrogens with two attached hydrogens (primary N) is 1. The fourth-order valence-electron chi connectivity index (χ4n) is 3.36. The van der Waals surface area contributed by atoms with Crippen molar-refractivity contribution < 1.29 is 9.90 Å². The molecule has 2 rings (SSSR count). The minimum absolute atomic E-state index is 0.346. The summed E-state index contributed by atoms with van der Waals surface area (Å²) in [6.45, 7) is 10.7. The number of carboxylic acids is 1. The Labute approximate surface area is 175 Å². The van der Waals surface area contributed by atoms with Crippen molar-refractivity contribution in [3.05, 3.63) is 40.8 Å². The van der Waals surface area contributed by atoms with E-state index in [9.17, 15) is 9.90 Å². The van der Waals surface area contributed by atoms with Gasteiger partial charge in [0.2, 0.25) is 0 Å². The van der Waals surface area contributed by atoms with Crippen molar-refractivity contribution in [1.82, 2.24) is 4.90 Å². The maximum absolute atomic E-state index is 11.2. The molecule has 0 aliphatic heterocycles. The van der Waals surface area contributed by atoms with E-state index in [1.807, 2.05) is 19.3 Å². The van der Waals surface area contributed by atoms with Gasteiger partial charge in [0.25, 0.3) is 0 Å². The zero-order valence-corrected chi connectivity index (χ0v) is 19.0. The molecule has 5 heteroatoms. The van der Waals surface area contributed by atoms with Gasteiger partial charge in [-0.25, -0.2) is 0 Å². The van der Waals surface area contributed by atoms with Crippen molar-refractivity contribution >= 4 is 23.4 Å². The van der Waals surface area contributed by atoms with Gasteiger partial charge in [0.1, 0.15) is 0 Å². The van der Waals surface area contributed by atoms with Crippen molar-refractivity contribution in [2.24, 2.45) is 11.7 Å². The molecule has 0 spiro atoms.